The summed E-state index contributed by atoms with van der Waals surface area (Å²) in [6.07, 6.45) is 0. The van der Waals surface area contributed by atoms with Gasteiger partial charge in [-0.15, -0.1) is 0 Å². The second kappa shape index (κ2) is 10.8. The fraction of sp³-hybridized carbons (Fsp3) is 0.125. The van der Waals surface area contributed by atoms with Crippen LogP contribution in [-0.4, -0.2) is 24.7 Å². The zero-order valence-electron chi connectivity index (χ0n) is 25.2. The molecule has 0 unspecified atom stereocenters. The molecule has 2 aliphatic carbocycles. The second-order valence-corrected chi connectivity index (χ2v) is 13.0. The normalized spacial score (nSPS) is 24.7. The van der Waals surface area contributed by atoms with Crippen LogP contribution in [0.1, 0.15) is 22.3 Å². The lowest BCUT2D eigenvalue weighted by atomic mass is 9.59. The molecule has 2 bridgehead atoms. The molecule has 5 aromatic rings. The summed E-state index contributed by atoms with van der Waals surface area (Å²) >= 11 is 12.8. The van der Waals surface area contributed by atoms with E-state index in [4.69, 9.17) is 27.9 Å². The minimum atomic E-state index is -1.52. The minimum Gasteiger partial charge on any atom is -0.497 e. The number of imide groups is 1. The van der Waals surface area contributed by atoms with Crippen molar-refractivity contribution < 1.29 is 19.1 Å². The second-order valence-electron chi connectivity index (χ2n) is 12.1. The molecule has 1 heterocycles. The van der Waals surface area contributed by atoms with Crippen molar-refractivity contribution in [2.24, 2.45) is 11.8 Å². The number of hydrogen-bond donors (Lipinski definition) is 0. The van der Waals surface area contributed by atoms with E-state index in [0.717, 1.165) is 11.1 Å². The third-order valence-electron chi connectivity index (χ3n) is 10.0. The van der Waals surface area contributed by atoms with Gasteiger partial charge in [-0.3, -0.25) is 14.4 Å². The lowest BCUT2D eigenvalue weighted by Gasteiger charge is -2.39. The standard InChI is InChI=1S/C40H27Cl2NO4/c1-47-31-22-20-30(21-23-31)43-36(44)34-35(37(43)45)40(27-14-18-29(42)19-15-27)33(25-10-6-3-7-11-25)32(24-8-4-2-5-9-24)39(34,38(40)46)26-12-16-28(41)17-13-26/h2-23,34-35H,1H3/t34-,35-,39+,40+/m1/s1. The van der Waals surface area contributed by atoms with Crippen molar-refractivity contribution in [3.63, 3.8) is 0 Å². The number of carbonyl (C=O) groups excluding carboxylic acids is 3. The summed E-state index contributed by atoms with van der Waals surface area (Å²) in [7, 11) is 1.56. The van der Waals surface area contributed by atoms with E-state index >= 15 is 14.4 Å². The number of carbonyl (C=O) groups is 3. The fourth-order valence-electron chi connectivity index (χ4n) is 8.34. The molecule has 0 aromatic heterocycles. The fourth-order valence-corrected chi connectivity index (χ4v) is 8.60. The van der Waals surface area contributed by atoms with E-state index in [-0.39, 0.29) is 5.78 Å². The van der Waals surface area contributed by atoms with E-state index in [0.29, 0.717) is 43.8 Å². The molecule has 47 heavy (non-hydrogen) atoms. The first kappa shape index (κ1) is 29.4. The van der Waals surface area contributed by atoms with Crippen LogP contribution in [0.15, 0.2) is 133 Å². The molecular formula is C40H27Cl2NO4. The van der Waals surface area contributed by atoms with Gasteiger partial charge in [-0.2, -0.15) is 0 Å². The van der Waals surface area contributed by atoms with Gasteiger partial charge in [-0.05, 0) is 81.9 Å². The van der Waals surface area contributed by atoms with E-state index < -0.39 is 34.5 Å². The molecule has 3 aliphatic rings. The van der Waals surface area contributed by atoms with Crippen molar-refractivity contribution in [2.75, 3.05) is 12.0 Å². The third-order valence-corrected chi connectivity index (χ3v) is 10.6. The predicted octanol–water partition coefficient (Wildman–Crippen LogP) is 8.19. The highest BCUT2D eigenvalue weighted by Crippen LogP contribution is 2.74. The number of anilines is 1. The summed E-state index contributed by atoms with van der Waals surface area (Å²) in [5, 5.41) is 0.993. The lowest BCUT2D eigenvalue weighted by molar-refractivity contribution is -0.130. The molecular weight excluding hydrogens is 629 g/mol. The number of allylic oxidation sites excluding steroid dienone is 2. The van der Waals surface area contributed by atoms with Gasteiger partial charge >= 0.3 is 0 Å². The Balaban J connectivity index is 1.54. The smallest absolute Gasteiger partial charge is 0.239 e. The van der Waals surface area contributed by atoms with E-state index in [1.54, 1.807) is 55.6 Å². The minimum absolute atomic E-state index is 0.210. The molecule has 4 atom stereocenters. The number of nitrogens with zero attached hydrogens (tertiary/aromatic N) is 1. The molecule has 7 heteroatoms. The Bertz CT molecular complexity index is 1970. The van der Waals surface area contributed by atoms with Crippen LogP contribution < -0.4 is 9.64 Å². The Morgan fingerprint density at radius 3 is 1.34 bits per heavy atom. The number of rotatable bonds is 6. The quantitative estimate of drug-likeness (QED) is 0.173. The summed E-state index contributed by atoms with van der Waals surface area (Å²) < 4.78 is 5.35. The van der Waals surface area contributed by atoms with E-state index in [2.05, 4.69) is 0 Å². The Hall–Kier alpha value is -4.97. The number of benzene rings is 5. The molecule has 1 saturated carbocycles. The SMILES string of the molecule is COc1ccc(N2C(=O)[C@H]3[C@H](C2=O)[C@@]2(c4ccc(Cl)cc4)C(=O)[C@@]3(c3ccc(Cl)cc3)C(c3ccccc3)=C2c2ccccc2)cc1. The molecule has 5 aromatic carbocycles. The molecule has 2 amide bonds. The average Bonchev–Trinajstić information content (AvgIpc) is 3.61. The highest BCUT2D eigenvalue weighted by atomic mass is 35.5. The van der Waals surface area contributed by atoms with Gasteiger partial charge in [-0.1, -0.05) is 108 Å². The van der Waals surface area contributed by atoms with Crippen LogP contribution in [0.2, 0.25) is 10.0 Å². The van der Waals surface area contributed by atoms with Crippen LogP contribution in [0.4, 0.5) is 5.69 Å². The molecule has 5 nitrogen and oxygen atoms in total. The van der Waals surface area contributed by atoms with Crippen molar-refractivity contribution >= 4 is 57.6 Å². The van der Waals surface area contributed by atoms with E-state index in [1.807, 2.05) is 84.9 Å². The summed E-state index contributed by atoms with van der Waals surface area (Å²) in [5.74, 6) is -2.54. The van der Waals surface area contributed by atoms with Crippen LogP contribution in [0.3, 0.4) is 0 Å². The maximum Gasteiger partial charge on any atom is 0.239 e. The summed E-state index contributed by atoms with van der Waals surface area (Å²) in [5.41, 5.74) is 1.63. The molecule has 2 fully saturated rings. The third kappa shape index (κ3) is 3.87. The van der Waals surface area contributed by atoms with E-state index in [1.165, 1.54) is 4.90 Å². The van der Waals surface area contributed by atoms with Gasteiger partial charge in [0.15, 0.2) is 5.78 Å². The largest absolute Gasteiger partial charge is 0.497 e. The average molecular weight is 657 g/mol. The predicted molar refractivity (Wildman–Crippen MR) is 183 cm³/mol. The summed E-state index contributed by atoms with van der Waals surface area (Å²) in [6, 6.07) is 40.5. The molecule has 1 saturated heterocycles. The first-order valence-electron chi connectivity index (χ1n) is 15.3. The first-order valence-corrected chi connectivity index (χ1v) is 16.1. The number of amides is 2. The Kier molecular flexibility index (Phi) is 6.76. The summed E-state index contributed by atoms with van der Waals surface area (Å²) in [4.78, 5) is 47.3. The maximum absolute atomic E-state index is 15.9. The van der Waals surface area contributed by atoms with E-state index in [9.17, 15) is 0 Å². The van der Waals surface area contributed by atoms with Gasteiger partial charge in [0.1, 0.15) is 5.75 Å². The number of fused-ring (bicyclic) bond motifs is 5. The number of halogens is 2. The van der Waals surface area contributed by atoms with Crippen molar-refractivity contribution in [3.8, 4) is 5.75 Å². The van der Waals surface area contributed by atoms with Gasteiger partial charge in [0.05, 0.1) is 35.5 Å². The highest BCUT2D eigenvalue weighted by Gasteiger charge is 2.82. The van der Waals surface area contributed by atoms with Gasteiger partial charge in [0, 0.05) is 10.0 Å². The maximum atomic E-state index is 15.9. The van der Waals surface area contributed by atoms with Crippen LogP contribution in [0, 0.1) is 11.8 Å². The van der Waals surface area contributed by atoms with Crippen molar-refractivity contribution in [3.05, 3.63) is 166 Å². The van der Waals surface area contributed by atoms with Gasteiger partial charge in [-0.25, -0.2) is 4.90 Å². The number of ether oxygens (including phenoxy) is 1. The zero-order valence-corrected chi connectivity index (χ0v) is 26.7. The van der Waals surface area contributed by atoms with Crippen molar-refractivity contribution in [1.82, 2.24) is 0 Å². The number of ketones is 1. The number of hydrogen-bond acceptors (Lipinski definition) is 4. The molecule has 0 spiro atoms. The van der Waals surface area contributed by atoms with Gasteiger partial charge in [0.2, 0.25) is 11.8 Å². The van der Waals surface area contributed by atoms with Crippen LogP contribution in [0.25, 0.3) is 11.1 Å². The number of Topliss-reactive ketones (excluding diaryl/α,β-unsaturated/α-hetero) is 1. The Morgan fingerprint density at radius 2 is 0.957 bits per heavy atom. The molecule has 1 aliphatic heterocycles. The molecule has 230 valence electrons. The Morgan fingerprint density at radius 1 is 0.553 bits per heavy atom. The van der Waals surface area contributed by atoms with Crippen LogP contribution >= 0.6 is 23.2 Å². The summed E-state index contributed by atoms with van der Waals surface area (Å²) in [6.45, 7) is 0. The van der Waals surface area contributed by atoms with Crippen LogP contribution in [-0.2, 0) is 25.2 Å². The lowest BCUT2D eigenvalue weighted by Crippen LogP contribution is -2.45. The molecule has 0 radical (unpaired) electrons. The van der Waals surface area contributed by atoms with Crippen LogP contribution in [0.5, 0.6) is 5.75 Å². The zero-order chi connectivity index (χ0) is 32.5. The topological polar surface area (TPSA) is 63.7 Å². The highest BCUT2D eigenvalue weighted by molar-refractivity contribution is 6.39. The monoisotopic (exact) mass is 655 g/mol. The first-order chi connectivity index (χ1) is 22.8. The van der Waals surface area contributed by atoms with Crippen molar-refractivity contribution in [1.29, 1.82) is 0 Å². The Labute approximate surface area is 282 Å². The van der Waals surface area contributed by atoms with Crippen molar-refractivity contribution in [2.45, 2.75) is 10.8 Å². The van der Waals surface area contributed by atoms with Gasteiger partial charge in [0.25, 0.3) is 0 Å². The molecule has 8 rings (SSSR count). The molecule has 0 N–H and O–H groups in total. The number of methoxy groups -OCH3 is 1. The van der Waals surface area contributed by atoms with Gasteiger partial charge < -0.3 is 4.74 Å².